The van der Waals surface area contributed by atoms with Crippen LogP contribution in [0.3, 0.4) is 0 Å². The van der Waals surface area contributed by atoms with Gasteiger partial charge in [-0.05, 0) is 24.6 Å². The van der Waals surface area contributed by atoms with Crippen LogP contribution < -0.4 is 4.74 Å². The van der Waals surface area contributed by atoms with Gasteiger partial charge in [0.15, 0.2) is 0 Å². The molecule has 2 heterocycles. The Bertz CT molecular complexity index is 696. The lowest BCUT2D eigenvalue weighted by Gasteiger charge is -2.41. The third kappa shape index (κ3) is 3.59. The van der Waals surface area contributed by atoms with Crippen molar-refractivity contribution >= 4 is 5.91 Å². The van der Waals surface area contributed by atoms with Crippen LogP contribution in [0.5, 0.6) is 5.75 Å². The molecule has 1 atom stereocenters. The van der Waals surface area contributed by atoms with Crippen molar-refractivity contribution in [2.75, 3.05) is 26.7 Å². The van der Waals surface area contributed by atoms with Gasteiger partial charge in [-0.2, -0.15) is 0 Å². The van der Waals surface area contributed by atoms with E-state index in [0.717, 1.165) is 42.4 Å². The molecule has 6 heteroatoms. The van der Waals surface area contributed by atoms with Crippen LogP contribution >= 0.6 is 0 Å². The summed E-state index contributed by atoms with van der Waals surface area (Å²) in [5.74, 6) is 1.74. The Morgan fingerprint density at radius 2 is 2.08 bits per heavy atom. The third-order valence-electron chi connectivity index (χ3n) is 4.43. The molecule has 0 N–H and O–H groups in total. The molecule has 1 aliphatic rings. The Morgan fingerprint density at radius 3 is 2.67 bits per heavy atom. The van der Waals surface area contributed by atoms with Gasteiger partial charge in [0.2, 0.25) is 5.91 Å². The first kappa shape index (κ1) is 16.5. The Hall–Kier alpha value is -2.34. The third-order valence-corrected chi connectivity index (χ3v) is 4.43. The van der Waals surface area contributed by atoms with Crippen LogP contribution in [-0.4, -0.2) is 47.6 Å². The predicted molar refractivity (Wildman–Crippen MR) is 89.6 cm³/mol. The maximum absolute atomic E-state index is 12.0. The number of piperazine rings is 1. The zero-order chi connectivity index (χ0) is 17.1. The number of carbonyl (C=O) groups excluding carboxylic acids is 1. The molecule has 1 aromatic heterocycles. The minimum absolute atomic E-state index is 0.0372. The van der Waals surface area contributed by atoms with Gasteiger partial charge in [0.1, 0.15) is 11.5 Å². The van der Waals surface area contributed by atoms with Gasteiger partial charge in [-0.25, -0.2) is 0 Å². The number of rotatable bonds is 4. The smallest absolute Gasteiger partial charge is 0.220 e. The van der Waals surface area contributed by atoms with E-state index in [4.69, 9.17) is 9.26 Å². The van der Waals surface area contributed by atoms with Crippen LogP contribution in [0.15, 0.2) is 34.9 Å². The number of hydrogen-bond donors (Lipinski definition) is 0. The lowest BCUT2D eigenvalue weighted by atomic mass is 10.0. The van der Waals surface area contributed by atoms with Crippen LogP contribution in [0, 0.1) is 6.92 Å². The first-order valence-corrected chi connectivity index (χ1v) is 8.12. The first-order chi connectivity index (χ1) is 11.6. The summed E-state index contributed by atoms with van der Waals surface area (Å²) < 4.78 is 10.4. The first-order valence-electron chi connectivity index (χ1n) is 8.12. The fourth-order valence-corrected chi connectivity index (χ4v) is 3.19. The molecule has 1 aromatic carbocycles. The summed E-state index contributed by atoms with van der Waals surface area (Å²) in [4.78, 5) is 16.3. The van der Waals surface area contributed by atoms with Crippen LogP contribution in [0.1, 0.15) is 30.0 Å². The molecule has 128 valence electrons. The van der Waals surface area contributed by atoms with Crippen LogP contribution in [0.25, 0.3) is 0 Å². The van der Waals surface area contributed by atoms with E-state index in [1.54, 1.807) is 14.0 Å². The highest BCUT2D eigenvalue weighted by atomic mass is 16.5. The molecule has 2 aromatic rings. The summed E-state index contributed by atoms with van der Waals surface area (Å²) in [6.07, 6.45) is 0. The lowest BCUT2D eigenvalue weighted by Crippen LogP contribution is -2.49. The number of methoxy groups -OCH3 is 1. The van der Waals surface area contributed by atoms with Crippen molar-refractivity contribution in [1.29, 1.82) is 0 Å². The highest BCUT2D eigenvalue weighted by molar-refractivity contribution is 5.74. The molecular weight excluding hydrogens is 306 g/mol. The van der Waals surface area contributed by atoms with Crippen molar-refractivity contribution in [3.05, 3.63) is 47.3 Å². The van der Waals surface area contributed by atoms with Crippen molar-refractivity contribution < 1.29 is 14.1 Å². The fourth-order valence-electron chi connectivity index (χ4n) is 3.19. The Labute approximate surface area is 142 Å². The molecule has 0 spiro atoms. The molecule has 0 saturated carbocycles. The second-order valence-electron chi connectivity index (χ2n) is 6.17. The largest absolute Gasteiger partial charge is 0.497 e. The molecular formula is C18H23N3O3. The lowest BCUT2D eigenvalue weighted by molar-refractivity contribution is -0.134. The summed E-state index contributed by atoms with van der Waals surface area (Å²) in [6, 6.07) is 9.93. The maximum Gasteiger partial charge on any atom is 0.220 e. The van der Waals surface area contributed by atoms with Gasteiger partial charge in [0.05, 0.1) is 18.8 Å². The Balaban J connectivity index is 1.77. The van der Waals surface area contributed by atoms with Crippen LogP contribution in [0.4, 0.5) is 0 Å². The fraction of sp³-hybridized carbons (Fsp3) is 0.444. The summed E-state index contributed by atoms with van der Waals surface area (Å²) >= 11 is 0. The molecule has 1 aliphatic heterocycles. The van der Waals surface area contributed by atoms with E-state index in [0.29, 0.717) is 6.54 Å². The van der Waals surface area contributed by atoms with Crippen molar-refractivity contribution in [2.24, 2.45) is 0 Å². The minimum Gasteiger partial charge on any atom is -0.497 e. The van der Waals surface area contributed by atoms with Crippen molar-refractivity contribution in [3.8, 4) is 5.75 Å². The molecule has 0 aliphatic carbocycles. The molecule has 6 nitrogen and oxygen atoms in total. The topological polar surface area (TPSA) is 58.8 Å². The second kappa shape index (κ2) is 7.05. The number of carbonyl (C=O) groups is 1. The average molecular weight is 329 g/mol. The van der Waals surface area contributed by atoms with Gasteiger partial charge in [-0.1, -0.05) is 17.3 Å². The molecule has 1 fully saturated rings. The summed E-state index contributed by atoms with van der Waals surface area (Å²) in [7, 11) is 1.65. The van der Waals surface area contributed by atoms with E-state index in [-0.39, 0.29) is 11.9 Å². The van der Waals surface area contributed by atoms with Gasteiger partial charge in [0, 0.05) is 39.2 Å². The Kier molecular flexibility index (Phi) is 4.85. The van der Waals surface area contributed by atoms with Crippen molar-refractivity contribution in [2.45, 2.75) is 26.4 Å². The van der Waals surface area contributed by atoms with E-state index < -0.39 is 0 Å². The van der Waals surface area contributed by atoms with E-state index in [1.165, 1.54) is 0 Å². The number of amides is 1. The van der Waals surface area contributed by atoms with Crippen LogP contribution in [0.2, 0.25) is 0 Å². The highest BCUT2D eigenvalue weighted by Crippen LogP contribution is 2.28. The van der Waals surface area contributed by atoms with E-state index >= 15 is 0 Å². The highest BCUT2D eigenvalue weighted by Gasteiger charge is 2.30. The summed E-state index contributed by atoms with van der Waals surface area (Å²) in [6.45, 7) is 6.58. The number of nitrogens with zero attached hydrogens (tertiary/aromatic N) is 3. The van der Waals surface area contributed by atoms with Gasteiger partial charge in [-0.3, -0.25) is 9.69 Å². The number of ether oxygens (including phenoxy) is 1. The van der Waals surface area contributed by atoms with E-state index in [2.05, 4.69) is 10.1 Å². The van der Waals surface area contributed by atoms with Gasteiger partial charge >= 0.3 is 0 Å². The average Bonchev–Trinajstić information content (AvgIpc) is 2.99. The van der Waals surface area contributed by atoms with Crippen molar-refractivity contribution in [1.82, 2.24) is 15.0 Å². The zero-order valence-electron chi connectivity index (χ0n) is 14.4. The molecule has 0 unspecified atom stereocenters. The monoisotopic (exact) mass is 329 g/mol. The van der Waals surface area contributed by atoms with Gasteiger partial charge < -0.3 is 14.2 Å². The van der Waals surface area contributed by atoms with Gasteiger partial charge in [-0.15, -0.1) is 0 Å². The number of hydrogen-bond acceptors (Lipinski definition) is 5. The molecule has 24 heavy (non-hydrogen) atoms. The summed E-state index contributed by atoms with van der Waals surface area (Å²) in [5.41, 5.74) is 2.05. The van der Waals surface area contributed by atoms with Crippen LogP contribution in [-0.2, 0) is 11.3 Å². The molecule has 0 bridgehead atoms. The molecule has 1 saturated heterocycles. The normalized spacial score (nSPS) is 18.6. The Morgan fingerprint density at radius 1 is 1.33 bits per heavy atom. The minimum atomic E-state index is 0.0372. The number of aryl methyl sites for hydroxylation is 1. The molecule has 3 rings (SSSR count). The van der Waals surface area contributed by atoms with Crippen molar-refractivity contribution in [3.63, 3.8) is 0 Å². The number of benzene rings is 1. The SMILES string of the molecule is COc1ccc([C@H]2CN(Cc3cc(C)on3)CCN2C(C)=O)cc1. The predicted octanol–water partition coefficient (Wildman–Crippen LogP) is 2.40. The van der Waals surface area contributed by atoms with Gasteiger partial charge in [0.25, 0.3) is 0 Å². The quantitative estimate of drug-likeness (QED) is 0.862. The second-order valence-corrected chi connectivity index (χ2v) is 6.17. The van der Waals surface area contributed by atoms with E-state index in [1.807, 2.05) is 42.2 Å². The molecule has 0 radical (unpaired) electrons. The summed E-state index contributed by atoms with van der Waals surface area (Å²) in [5, 5.41) is 4.07. The van der Waals surface area contributed by atoms with E-state index in [9.17, 15) is 4.79 Å². The number of aromatic nitrogens is 1. The molecule has 1 amide bonds. The standard InChI is InChI=1S/C18H23N3O3/c1-13-10-16(19-24-13)11-20-8-9-21(14(2)22)18(12-20)15-4-6-17(23-3)7-5-15/h4-7,10,18H,8-9,11-12H2,1-3H3/t18-/m1/s1. The zero-order valence-corrected chi connectivity index (χ0v) is 14.4. The maximum atomic E-state index is 12.0.